The summed E-state index contributed by atoms with van der Waals surface area (Å²) in [6.07, 6.45) is 2.89. The molecule has 0 aromatic carbocycles. The van der Waals surface area contributed by atoms with Gasteiger partial charge in [-0.2, -0.15) is 0 Å². The van der Waals surface area contributed by atoms with Gasteiger partial charge in [-0.15, -0.1) is 0 Å². The van der Waals surface area contributed by atoms with Crippen LogP contribution in [0.2, 0.25) is 5.02 Å². The van der Waals surface area contributed by atoms with Gasteiger partial charge in [-0.1, -0.05) is 25.4 Å². The molecule has 0 aliphatic rings. The standard InChI is InChI=1S/C22H29ClN4/c1-12(2)20-17(23)10-16(18(25-20)7-8-24)21-14(5)9-19-22(26-21)15(6)11-27(19)13(3)4/h9-13H,7-8,24H2,1-6H3. The largest absolute Gasteiger partial charge is 0.343 e. The Morgan fingerprint density at radius 3 is 2.37 bits per heavy atom. The fourth-order valence-corrected chi connectivity index (χ4v) is 3.98. The summed E-state index contributed by atoms with van der Waals surface area (Å²) in [5.41, 5.74) is 14.2. The molecule has 2 N–H and O–H groups in total. The molecule has 0 unspecified atom stereocenters. The zero-order valence-electron chi connectivity index (χ0n) is 17.1. The minimum Gasteiger partial charge on any atom is -0.343 e. The molecule has 3 rings (SSSR count). The lowest BCUT2D eigenvalue weighted by atomic mass is 10.00. The molecule has 0 atom stereocenters. The third-order valence-electron chi connectivity index (χ3n) is 5.00. The molecule has 0 aliphatic carbocycles. The second-order valence-corrected chi connectivity index (χ2v) is 8.29. The Morgan fingerprint density at radius 1 is 1.07 bits per heavy atom. The number of hydrogen-bond donors (Lipinski definition) is 1. The molecule has 0 saturated carbocycles. The summed E-state index contributed by atoms with van der Waals surface area (Å²) in [7, 11) is 0. The minimum absolute atomic E-state index is 0.266. The highest BCUT2D eigenvalue weighted by Crippen LogP contribution is 2.34. The molecule has 0 bridgehead atoms. The van der Waals surface area contributed by atoms with Crippen LogP contribution in [0.4, 0.5) is 0 Å². The van der Waals surface area contributed by atoms with Gasteiger partial charge in [0.1, 0.15) is 0 Å². The zero-order valence-corrected chi connectivity index (χ0v) is 17.9. The molecule has 0 spiro atoms. The van der Waals surface area contributed by atoms with E-state index in [-0.39, 0.29) is 5.92 Å². The van der Waals surface area contributed by atoms with Crippen LogP contribution >= 0.6 is 11.6 Å². The Bertz CT molecular complexity index is 986. The van der Waals surface area contributed by atoms with Crippen LogP contribution in [0.1, 0.15) is 62.2 Å². The van der Waals surface area contributed by atoms with Gasteiger partial charge >= 0.3 is 0 Å². The van der Waals surface area contributed by atoms with Crippen molar-refractivity contribution < 1.29 is 0 Å². The molecule has 0 saturated heterocycles. The van der Waals surface area contributed by atoms with Gasteiger partial charge in [-0.25, -0.2) is 4.98 Å². The van der Waals surface area contributed by atoms with Crippen LogP contribution in [0.5, 0.6) is 0 Å². The average Bonchev–Trinajstić information content (AvgIpc) is 2.91. The van der Waals surface area contributed by atoms with E-state index in [1.54, 1.807) is 0 Å². The molecule has 0 fully saturated rings. The number of rotatable bonds is 5. The maximum Gasteiger partial charge on any atom is 0.0917 e. The van der Waals surface area contributed by atoms with Crippen LogP contribution in [-0.4, -0.2) is 21.1 Å². The van der Waals surface area contributed by atoms with Crippen molar-refractivity contribution in [1.82, 2.24) is 14.5 Å². The van der Waals surface area contributed by atoms with E-state index in [1.807, 2.05) is 6.07 Å². The normalized spacial score (nSPS) is 11.9. The van der Waals surface area contributed by atoms with Gasteiger partial charge in [0.05, 0.1) is 33.1 Å². The molecule has 0 amide bonds. The monoisotopic (exact) mass is 384 g/mol. The number of nitrogens with two attached hydrogens (primary N) is 1. The lowest BCUT2D eigenvalue weighted by Gasteiger charge is -2.16. The van der Waals surface area contributed by atoms with Crippen LogP contribution in [0.15, 0.2) is 18.3 Å². The SMILES string of the molecule is Cc1cc2c(nc1-c1cc(Cl)c(C(C)C)nc1CCN)c(C)cn2C(C)C. The van der Waals surface area contributed by atoms with E-state index in [4.69, 9.17) is 27.3 Å². The van der Waals surface area contributed by atoms with Gasteiger partial charge in [0.2, 0.25) is 0 Å². The summed E-state index contributed by atoms with van der Waals surface area (Å²) < 4.78 is 2.28. The number of aromatic nitrogens is 3. The third-order valence-corrected chi connectivity index (χ3v) is 5.30. The van der Waals surface area contributed by atoms with Crippen molar-refractivity contribution >= 4 is 22.6 Å². The van der Waals surface area contributed by atoms with E-state index in [0.29, 0.717) is 24.0 Å². The first-order chi connectivity index (χ1) is 12.7. The number of pyridine rings is 2. The lowest BCUT2D eigenvalue weighted by molar-refractivity contribution is 0.621. The van der Waals surface area contributed by atoms with E-state index in [0.717, 1.165) is 33.7 Å². The predicted molar refractivity (Wildman–Crippen MR) is 115 cm³/mol. The maximum atomic E-state index is 6.57. The van der Waals surface area contributed by atoms with Crippen molar-refractivity contribution in [3.63, 3.8) is 0 Å². The maximum absolute atomic E-state index is 6.57. The summed E-state index contributed by atoms with van der Waals surface area (Å²) in [5.74, 6) is 0.266. The molecule has 3 aromatic rings. The highest BCUT2D eigenvalue weighted by Gasteiger charge is 2.19. The molecule has 3 aromatic heterocycles. The van der Waals surface area contributed by atoms with E-state index in [2.05, 4.69) is 58.4 Å². The van der Waals surface area contributed by atoms with Crippen molar-refractivity contribution in [1.29, 1.82) is 0 Å². The first kappa shape index (κ1) is 19.8. The highest BCUT2D eigenvalue weighted by molar-refractivity contribution is 6.31. The van der Waals surface area contributed by atoms with Crippen LogP contribution in [-0.2, 0) is 6.42 Å². The Labute approximate surface area is 166 Å². The Balaban J connectivity index is 2.27. The van der Waals surface area contributed by atoms with Crippen molar-refractivity contribution in [2.45, 2.75) is 59.9 Å². The molecule has 4 nitrogen and oxygen atoms in total. The van der Waals surface area contributed by atoms with Crippen molar-refractivity contribution in [2.75, 3.05) is 6.54 Å². The number of halogens is 1. The molecule has 27 heavy (non-hydrogen) atoms. The van der Waals surface area contributed by atoms with E-state index < -0.39 is 0 Å². The average molecular weight is 385 g/mol. The first-order valence-corrected chi connectivity index (χ1v) is 10.0. The van der Waals surface area contributed by atoms with Gasteiger partial charge in [-0.3, -0.25) is 4.98 Å². The highest BCUT2D eigenvalue weighted by atomic mass is 35.5. The predicted octanol–water partition coefficient (Wildman–Crippen LogP) is 5.57. The second-order valence-electron chi connectivity index (χ2n) is 7.88. The molecule has 144 valence electrons. The summed E-state index contributed by atoms with van der Waals surface area (Å²) in [4.78, 5) is 9.90. The molecule has 5 heteroatoms. The number of aryl methyl sites for hydroxylation is 2. The van der Waals surface area contributed by atoms with Crippen LogP contribution in [0.25, 0.3) is 22.3 Å². The van der Waals surface area contributed by atoms with Crippen LogP contribution < -0.4 is 5.73 Å². The Morgan fingerprint density at radius 2 is 1.78 bits per heavy atom. The first-order valence-electron chi connectivity index (χ1n) is 9.63. The topological polar surface area (TPSA) is 56.7 Å². The van der Waals surface area contributed by atoms with E-state index in [1.165, 1.54) is 11.1 Å². The summed E-state index contributed by atoms with van der Waals surface area (Å²) >= 11 is 6.57. The van der Waals surface area contributed by atoms with Crippen molar-refractivity contribution in [3.8, 4) is 11.3 Å². The fourth-order valence-electron chi connectivity index (χ4n) is 3.61. The number of fused-ring (bicyclic) bond motifs is 1. The Kier molecular flexibility index (Phi) is 5.59. The van der Waals surface area contributed by atoms with Crippen LogP contribution in [0.3, 0.4) is 0 Å². The van der Waals surface area contributed by atoms with E-state index >= 15 is 0 Å². The smallest absolute Gasteiger partial charge is 0.0917 e. The molecular formula is C22H29ClN4. The number of nitrogens with zero attached hydrogens (tertiary/aromatic N) is 3. The molecule has 0 aliphatic heterocycles. The molecule has 0 radical (unpaired) electrons. The van der Waals surface area contributed by atoms with Crippen molar-refractivity contribution in [3.05, 3.63) is 45.9 Å². The second kappa shape index (κ2) is 7.61. The minimum atomic E-state index is 0.266. The molecule has 3 heterocycles. The lowest BCUT2D eigenvalue weighted by Crippen LogP contribution is -2.09. The van der Waals surface area contributed by atoms with Crippen molar-refractivity contribution in [2.24, 2.45) is 5.73 Å². The van der Waals surface area contributed by atoms with Gasteiger partial charge in [0.25, 0.3) is 0 Å². The van der Waals surface area contributed by atoms with Gasteiger partial charge in [0.15, 0.2) is 0 Å². The van der Waals surface area contributed by atoms with Gasteiger partial charge in [-0.05, 0) is 63.4 Å². The van der Waals surface area contributed by atoms with Gasteiger partial charge in [0, 0.05) is 24.2 Å². The fraction of sp³-hybridized carbons (Fsp3) is 0.455. The zero-order chi connectivity index (χ0) is 19.9. The van der Waals surface area contributed by atoms with Gasteiger partial charge < -0.3 is 10.3 Å². The molecular weight excluding hydrogens is 356 g/mol. The van der Waals surface area contributed by atoms with Crippen LogP contribution in [0, 0.1) is 13.8 Å². The number of hydrogen-bond acceptors (Lipinski definition) is 3. The summed E-state index contributed by atoms with van der Waals surface area (Å²) in [6, 6.07) is 4.63. The summed E-state index contributed by atoms with van der Waals surface area (Å²) in [5, 5.41) is 0.693. The third kappa shape index (κ3) is 3.61. The van der Waals surface area contributed by atoms with E-state index in [9.17, 15) is 0 Å². The Hall–Kier alpha value is -1.91. The quantitative estimate of drug-likeness (QED) is 0.625. The summed E-state index contributed by atoms with van der Waals surface area (Å²) in [6.45, 7) is 13.3.